The van der Waals surface area contributed by atoms with Gasteiger partial charge in [-0.1, -0.05) is 109 Å². The Bertz CT molecular complexity index is 3640. The van der Waals surface area contributed by atoms with E-state index >= 15 is 0 Å². The van der Waals surface area contributed by atoms with Gasteiger partial charge in [0.15, 0.2) is 0 Å². The zero-order chi connectivity index (χ0) is 43.2. The van der Waals surface area contributed by atoms with Crippen LogP contribution in [0.15, 0.2) is 157 Å². The van der Waals surface area contributed by atoms with Gasteiger partial charge < -0.3 is 4.57 Å². The minimum absolute atomic E-state index is 0.122. The van der Waals surface area contributed by atoms with Crippen molar-refractivity contribution in [2.24, 2.45) is 0 Å². The molecule has 0 radical (unpaired) electrons. The van der Waals surface area contributed by atoms with Gasteiger partial charge in [-0.2, -0.15) is 0 Å². The first-order valence-electron chi connectivity index (χ1n) is 21.9. The summed E-state index contributed by atoms with van der Waals surface area (Å²) in [6, 6.07) is 10.6. The second kappa shape index (κ2) is 9.62. The zero-order valence-electron chi connectivity index (χ0n) is 38.6. The summed E-state index contributed by atoms with van der Waals surface area (Å²) in [6.07, 6.45) is 0. The van der Waals surface area contributed by atoms with E-state index in [0.717, 1.165) is 15.3 Å². The van der Waals surface area contributed by atoms with Crippen molar-refractivity contribution >= 4 is 65.3 Å². The van der Waals surface area contributed by atoms with Crippen LogP contribution in [-0.2, 0) is 0 Å². The van der Waals surface area contributed by atoms with E-state index in [9.17, 15) is 6.85 Å². The fraction of sp³-hybridized carbons (Fsp3) is 0. The van der Waals surface area contributed by atoms with Gasteiger partial charge in [-0.25, -0.2) is 9.97 Å². The van der Waals surface area contributed by atoms with E-state index in [2.05, 4.69) is 0 Å². The number of aromatic nitrogens is 4. The number of para-hydroxylation sites is 4. The van der Waals surface area contributed by atoms with E-state index in [4.69, 9.17) is 23.7 Å². The van der Waals surface area contributed by atoms with Gasteiger partial charge in [0.2, 0.25) is 5.95 Å². The average Bonchev–Trinajstić information content (AvgIpc) is 3.81. The summed E-state index contributed by atoms with van der Waals surface area (Å²) in [6.45, 7) is 0. The molecule has 7 aromatic carbocycles. The van der Waals surface area contributed by atoms with Gasteiger partial charge in [0.25, 0.3) is 0 Å². The molecule has 0 bridgehead atoms. The number of benzene rings is 7. The molecule has 4 heteroatoms. The predicted molar refractivity (Wildman–Crippen MR) is 191 cm³/mol. The second-order valence-corrected chi connectivity index (χ2v) is 10.7. The maximum Gasteiger partial charge on any atom is 0.235 e. The van der Waals surface area contributed by atoms with Crippen LogP contribution in [0, 0.1) is 0 Å². The van der Waals surface area contributed by atoms with E-state index < -0.39 is 96.3 Å². The maximum absolute atomic E-state index is 9.70. The highest BCUT2D eigenvalue weighted by Crippen LogP contribution is 2.42. The largest absolute Gasteiger partial charge is 0.309 e. The fourth-order valence-electron chi connectivity index (χ4n) is 6.33. The molecule has 0 unspecified atom stereocenters. The number of rotatable bonds is 3. The van der Waals surface area contributed by atoms with Crippen LogP contribution in [0.1, 0.15) is 20.6 Å². The van der Waals surface area contributed by atoms with E-state index in [1.54, 1.807) is 12.1 Å². The highest BCUT2D eigenvalue weighted by atomic mass is 15.2. The van der Waals surface area contributed by atoms with Crippen LogP contribution in [0.2, 0.25) is 0 Å². The minimum Gasteiger partial charge on any atom is -0.309 e. The summed E-state index contributed by atoms with van der Waals surface area (Å²) in [5.74, 6) is -0.129. The molecule has 0 atom stereocenters. The molecule has 0 saturated carbocycles. The summed E-state index contributed by atoms with van der Waals surface area (Å²) in [5.41, 5.74) is -0.0641. The topological polar surface area (TPSA) is 35.6 Å². The third kappa shape index (κ3) is 3.55. The van der Waals surface area contributed by atoms with E-state index in [-0.39, 0.29) is 49.6 Å². The molecule has 0 aliphatic carbocycles. The Morgan fingerprint density at radius 2 is 1.11 bits per heavy atom. The Morgan fingerprint density at radius 1 is 0.478 bits per heavy atom. The van der Waals surface area contributed by atoms with Crippen molar-refractivity contribution in [2.45, 2.75) is 0 Å². The van der Waals surface area contributed by atoms with Gasteiger partial charge in [-0.05, 0) is 59.2 Å². The Kier molecular flexibility index (Phi) is 3.07. The standard InChI is InChI=1S/C42H26N4/c1-2-14-30(15-3-1)45-35-20-10-7-17-32(35)39-37(45)24-25-38-40(39)33-18-8-11-21-36(33)46(38)42-43-34-19-9-6-16-31(34)41(44-42)29-23-22-27-12-4-5-13-28(27)26-29/h1-26H/i1D,2D,3D,7D,8D,10D,11D,14D,15D,17D,18D,20D,21D,24D,25D. The maximum atomic E-state index is 9.70. The van der Waals surface area contributed by atoms with Crippen molar-refractivity contribution in [1.82, 2.24) is 19.1 Å². The van der Waals surface area contributed by atoms with Crippen molar-refractivity contribution in [3.63, 3.8) is 0 Å². The molecule has 46 heavy (non-hydrogen) atoms. The Morgan fingerprint density at radius 3 is 1.89 bits per heavy atom. The fourth-order valence-corrected chi connectivity index (χ4v) is 6.33. The summed E-state index contributed by atoms with van der Waals surface area (Å²) >= 11 is 0. The van der Waals surface area contributed by atoms with Crippen LogP contribution in [0.25, 0.3) is 88.2 Å². The molecule has 0 saturated heterocycles. The van der Waals surface area contributed by atoms with Gasteiger partial charge in [-0.15, -0.1) is 0 Å². The van der Waals surface area contributed by atoms with Crippen LogP contribution in [0.5, 0.6) is 0 Å². The monoisotopic (exact) mass is 601 g/mol. The summed E-state index contributed by atoms with van der Waals surface area (Å²) < 4.78 is 137. The predicted octanol–water partition coefficient (Wildman–Crippen LogP) is 10.6. The molecule has 3 aromatic heterocycles. The number of hydrogen-bond acceptors (Lipinski definition) is 2. The van der Waals surface area contributed by atoms with Gasteiger partial charge >= 0.3 is 0 Å². The van der Waals surface area contributed by atoms with Crippen LogP contribution in [0.3, 0.4) is 0 Å². The normalized spacial score (nSPS) is 16.5. The highest BCUT2D eigenvalue weighted by Gasteiger charge is 2.22. The van der Waals surface area contributed by atoms with Crippen molar-refractivity contribution in [2.75, 3.05) is 0 Å². The molecule has 0 aliphatic heterocycles. The number of nitrogens with zero attached hydrogens (tertiary/aromatic N) is 4. The van der Waals surface area contributed by atoms with Crippen molar-refractivity contribution in [1.29, 1.82) is 0 Å². The lowest BCUT2D eigenvalue weighted by molar-refractivity contribution is 1.01. The Balaban J connectivity index is 1.49. The van der Waals surface area contributed by atoms with Crippen molar-refractivity contribution < 1.29 is 20.6 Å². The summed E-state index contributed by atoms with van der Waals surface area (Å²) in [5, 5.41) is 1.80. The number of fused-ring (bicyclic) bond motifs is 9. The Labute approximate surface area is 285 Å². The van der Waals surface area contributed by atoms with Crippen LogP contribution >= 0.6 is 0 Å². The molecule has 4 nitrogen and oxygen atoms in total. The van der Waals surface area contributed by atoms with E-state index in [1.165, 1.54) is 4.57 Å². The second-order valence-electron chi connectivity index (χ2n) is 10.7. The van der Waals surface area contributed by atoms with Gasteiger partial charge in [-0.3, -0.25) is 4.57 Å². The third-order valence-electron chi connectivity index (χ3n) is 8.28. The lowest BCUT2D eigenvalue weighted by Crippen LogP contribution is -2.03. The molecule has 214 valence electrons. The molecule has 10 rings (SSSR count). The summed E-state index contributed by atoms with van der Waals surface area (Å²) in [4.78, 5) is 9.92. The molecule has 0 aliphatic rings. The highest BCUT2D eigenvalue weighted by molar-refractivity contribution is 6.28. The molecular weight excluding hydrogens is 560 g/mol. The molecule has 0 fully saturated rings. The lowest BCUT2D eigenvalue weighted by atomic mass is 10.0. The van der Waals surface area contributed by atoms with Crippen molar-refractivity contribution in [3.8, 4) is 22.9 Å². The zero-order valence-corrected chi connectivity index (χ0v) is 23.6. The summed E-state index contributed by atoms with van der Waals surface area (Å²) in [7, 11) is 0. The van der Waals surface area contributed by atoms with Gasteiger partial charge in [0.1, 0.15) is 0 Å². The lowest BCUT2D eigenvalue weighted by Gasteiger charge is -2.12. The average molecular weight is 602 g/mol. The van der Waals surface area contributed by atoms with Gasteiger partial charge in [0.05, 0.1) is 53.8 Å². The molecule has 0 spiro atoms. The van der Waals surface area contributed by atoms with Crippen LogP contribution in [-0.4, -0.2) is 19.1 Å². The number of hydrogen-bond donors (Lipinski definition) is 0. The van der Waals surface area contributed by atoms with Crippen LogP contribution < -0.4 is 0 Å². The SMILES string of the molecule is [2H]c1c([2H])c([2H])c(-n2c3c([2H])c([2H])c([2H])c([2H])c3c3c4c5c([2H])c([2H])c([2H])c([2H])c5n(-c5nc(-c6ccc7ccccc7c6)c6ccccc6n5)c4c([2H])c([2H])c32)c([2H])c1[2H]. The van der Waals surface area contributed by atoms with E-state index in [0.29, 0.717) is 22.2 Å². The van der Waals surface area contributed by atoms with Gasteiger partial charge in [0, 0.05) is 38.2 Å². The molecular formula is C42H26N4. The molecule has 0 amide bonds. The minimum atomic E-state index is -0.757. The quantitative estimate of drug-likeness (QED) is 0.202. The van der Waals surface area contributed by atoms with E-state index in [1.807, 2.05) is 54.6 Å². The van der Waals surface area contributed by atoms with Crippen molar-refractivity contribution in [3.05, 3.63) is 157 Å². The first-order chi connectivity index (χ1) is 29.1. The first-order valence-corrected chi connectivity index (χ1v) is 14.4. The first kappa shape index (κ1) is 14.7. The molecule has 10 aromatic rings. The smallest absolute Gasteiger partial charge is 0.235 e. The third-order valence-corrected chi connectivity index (χ3v) is 8.28. The molecule has 3 heterocycles. The Hall–Kier alpha value is -6.26. The van der Waals surface area contributed by atoms with Crippen LogP contribution in [0.4, 0.5) is 0 Å². The molecule has 0 N–H and O–H groups in total.